The molecule has 0 fully saturated rings. The summed E-state index contributed by atoms with van der Waals surface area (Å²) in [5, 5.41) is 0.547. The normalized spacial score (nSPS) is 12.0. The summed E-state index contributed by atoms with van der Waals surface area (Å²) in [4.78, 5) is 34.5. The molecular formula is C30H41N3O3. The number of fused-ring (bicyclic) bond motifs is 1. The number of nitrogens with zero attached hydrogens (tertiary/aromatic N) is 3. The smallest absolute Gasteiger partial charge is 0.266 e. The molecular weight excluding hydrogens is 450 g/mol. The number of aromatic nitrogens is 2. The number of methoxy groups -OCH3 is 1. The van der Waals surface area contributed by atoms with Crippen molar-refractivity contribution in [2.75, 3.05) is 13.7 Å². The molecule has 0 radical (unpaired) electrons. The molecule has 0 saturated heterocycles. The molecule has 3 aromatic rings. The van der Waals surface area contributed by atoms with Crippen molar-refractivity contribution >= 4 is 16.8 Å². The van der Waals surface area contributed by atoms with Crippen LogP contribution in [0.25, 0.3) is 16.6 Å². The van der Waals surface area contributed by atoms with Crippen molar-refractivity contribution < 1.29 is 9.53 Å². The molecule has 0 bridgehead atoms. The third kappa shape index (κ3) is 6.34. The van der Waals surface area contributed by atoms with E-state index in [1.54, 1.807) is 17.7 Å². The van der Waals surface area contributed by atoms with E-state index in [9.17, 15) is 9.59 Å². The van der Waals surface area contributed by atoms with Crippen LogP contribution >= 0.6 is 0 Å². The molecule has 1 amide bonds. The van der Waals surface area contributed by atoms with Gasteiger partial charge in [-0.05, 0) is 43.5 Å². The summed E-state index contributed by atoms with van der Waals surface area (Å²) in [6.07, 6.45) is 8.47. The Balaban J connectivity index is 2.18. The van der Waals surface area contributed by atoms with E-state index in [0.29, 0.717) is 47.6 Å². The second kappa shape index (κ2) is 13.8. The van der Waals surface area contributed by atoms with E-state index in [0.717, 1.165) is 44.9 Å². The molecule has 2 aromatic carbocycles. The highest BCUT2D eigenvalue weighted by atomic mass is 16.5. The number of unbranched alkanes of at least 4 members (excludes halogenated alkanes) is 5. The summed E-state index contributed by atoms with van der Waals surface area (Å²) in [6, 6.07) is 14.6. The predicted molar refractivity (Wildman–Crippen MR) is 147 cm³/mol. The Morgan fingerprint density at radius 2 is 1.64 bits per heavy atom. The number of carbonyl (C=O) groups is 1. The maximum absolute atomic E-state index is 13.9. The zero-order chi connectivity index (χ0) is 25.9. The lowest BCUT2D eigenvalue weighted by Gasteiger charge is -2.33. The maximum Gasteiger partial charge on any atom is 0.266 e. The summed E-state index contributed by atoms with van der Waals surface area (Å²) in [5.74, 6) is 1.32. The Kier molecular flexibility index (Phi) is 10.5. The average Bonchev–Trinajstić information content (AvgIpc) is 2.90. The quantitative estimate of drug-likeness (QED) is 0.232. The fourth-order valence-electron chi connectivity index (χ4n) is 4.80. The van der Waals surface area contributed by atoms with Crippen LogP contribution in [-0.4, -0.2) is 34.0 Å². The van der Waals surface area contributed by atoms with Crippen LogP contribution in [0.4, 0.5) is 0 Å². The van der Waals surface area contributed by atoms with Gasteiger partial charge in [0, 0.05) is 13.0 Å². The van der Waals surface area contributed by atoms with Gasteiger partial charge in [-0.3, -0.25) is 14.2 Å². The molecule has 0 spiro atoms. The lowest BCUT2D eigenvalue weighted by atomic mass is 10.1. The van der Waals surface area contributed by atoms with Crippen LogP contribution in [-0.2, 0) is 4.79 Å². The van der Waals surface area contributed by atoms with Crippen molar-refractivity contribution in [1.82, 2.24) is 14.5 Å². The van der Waals surface area contributed by atoms with Crippen LogP contribution in [0.1, 0.15) is 90.4 Å². The Hall–Kier alpha value is -3.15. The maximum atomic E-state index is 13.9. The fourth-order valence-corrected chi connectivity index (χ4v) is 4.80. The largest absolute Gasteiger partial charge is 0.495 e. The monoisotopic (exact) mass is 491 g/mol. The van der Waals surface area contributed by atoms with Gasteiger partial charge in [-0.25, -0.2) is 4.98 Å². The minimum absolute atomic E-state index is 0.140. The molecule has 0 N–H and O–H groups in total. The summed E-state index contributed by atoms with van der Waals surface area (Å²) < 4.78 is 7.29. The Morgan fingerprint density at radius 1 is 0.944 bits per heavy atom. The predicted octanol–water partition coefficient (Wildman–Crippen LogP) is 6.83. The third-order valence-electron chi connectivity index (χ3n) is 6.76. The van der Waals surface area contributed by atoms with E-state index < -0.39 is 0 Å². The van der Waals surface area contributed by atoms with E-state index in [2.05, 4.69) is 20.8 Å². The number of benzene rings is 2. The molecule has 6 nitrogen and oxygen atoms in total. The van der Waals surface area contributed by atoms with Gasteiger partial charge < -0.3 is 9.64 Å². The molecule has 36 heavy (non-hydrogen) atoms. The Labute approximate surface area is 215 Å². The van der Waals surface area contributed by atoms with E-state index in [4.69, 9.17) is 9.72 Å². The lowest BCUT2D eigenvalue weighted by molar-refractivity contribution is -0.134. The van der Waals surface area contributed by atoms with Gasteiger partial charge in [-0.15, -0.1) is 0 Å². The molecule has 1 unspecified atom stereocenters. The van der Waals surface area contributed by atoms with Gasteiger partial charge in [0.1, 0.15) is 11.6 Å². The number of hydrogen-bond acceptors (Lipinski definition) is 4. The van der Waals surface area contributed by atoms with Gasteiger partial charge >= 0.3 is 0 Å². The molecule has 0 aliphatic carbocycles. The molecule has 194 valence electrons. The zero-order valence-electron chi connectivity index (χ0n) is 22.3. The third-order valence-corrected chi connectivity index (χ3v) is 6.76. The van der Waals surface area contributed by atoms with Crippen molar-refractivity contribution in [2.45, 2.75) is 84.6 Å². The van der Waals surface area contributed by atoms with Crippen molar-refractivity contribution in [1.29, 1.82) is 0 Å². The highest BCUT2D eigenvalue weighted by Crippen LogP contribution is 2.30. The zero-order valence-corrected chi connectivity index (χ0v) is 22.3. The number of hydrogen-bond donors (Lipinski definition) is 0. The van der Waals surface area contributed by atoms with Crippen LogP contribution in [0, 0.1) is 0 Å². The first-order chi connectivity index (χ1) is 17.6. The van der Waals surface area contributed by atoms with Gasteiger partial charge in [0.2, 0.25) is 5.91 Å². The lowest BCUT2D eigenvalue weighted by Crippen LogP contribution is -2.39. The van der Waals surface area contributed by atoms with Crippen LogP contribution < -0.4 is 10.3 Å². The van der Waals surface area contributed by atoms with Crippen LogP contribution in [0.15, 0.2) is 53.3 Å². The standard InChI is InChI=1S/C30H41N3O3/c1-5-8-10-16-22-32(28(34)21-11-9-6-2)25(7-3)29-31-24-18-13-12-17-23(24)30(35)33(29)26-19-14-15-20-27(26)36-4/h12-15,17-20,25H,5-11,16,21-22H2,1-4H3. The average molecular weight is 492 g/mol. The summed E-state index contributed by atoms with van der Waals surface area (Å²) >= 11 is 0. The second-order valence-electron chi connectivity index (χ2n) is 9.33. The summed E-state index contributed by atoms with van der Waals surface area (Å²) in [7, 11) is 1.60. The Morgan fingerprint density at radius 3 is 2.36 bits per heavy atom. The van der Waals surface area contributed by atoms with E-state index in [1.165, 1.54) is 0 Å². The first-order valence-electron chi connectivity index (χ1n) is 13.5. The van der Waals surface area contributed by atoms with Crippen molar-refractivity contribution in [3.63, 3.8) is 0 Å². The van der Waals surface area contributed by atoms with Crippen LogP contribution in [0.2, 0.25) is 0 Å². The highest BCUT2D eigenvalue weighted by molar-refractivity contribution is 5.79. The van der Waals surface area contributed by atoms with Crippen LogP contribution in [0.3, 0.4) is 0 Å². The number of para-hydroxylation sites is 3. The topological polar surface area (TPSA) is 64.4 Å². The number of carbonyl (C=O) groups excluding carboxylic acids is 1. The fraction of sp³-hybridized carbons (Fsp3) is 0.500. The van der Waals surface area contributed by atoms with E-state index >= 15 is 0 Å². The number of rotatable bonds is 14. The van der Waals surface area contributed by atoms with Crippen LogP contribution in [0.5, 0.6) is 5.75 Å². The van der Waals surface area contributed by atoms with Crippen molar-refractivity contribution in [3.05, 3.63) is 64.7 Å². The highest BCUT2D eigenvalue weighted by Gasteiger charge is 2.29. The van der Waals surface area contributed by atoms with Gasteiger partial charge in [0.15, 0.2) is 0 Å². The first-order valence-corrected chi connectivity index (χ1v) is 13.5. The molecule has 0 saturated carbocycles. The van der Waals surface area contributed by atoms with Crippen molar-refractivity contribution in [3.8, 4) is 11.4 Å². The number of amides is 1. The Bertz CT molecular complexity index is 1190. The van der Waals surface area contributed by atoms with Crippen molar-refractivity contribution in [2.24, 2.45) is 0 Å². The molecule has 1 atom stereocenters. The number of ether oxygens (including phenoxy) is 1. The first kappa shape index (κ1) is 27.4. The van der Waals surface area contributed by atoms with Gasteiger partial charge in [0.25, 0.3) is 5.56 Å². The SMILES string of the molecule is CCCCCCN(C(=O)CCCCC)C(CC)c1nc2ccccc2c(=O)n1-c1ccccc1OC. The van der Waals surface area contributed by atoms with Gasteiger partial charge in [-0.2, -0.15) is 0 Å². The summed E-state index contributed by atoms with van der Waals surface area (Å²) in [6.45, 7) is 7.06. The van der Waals surface area contributed by atoms with E-state index in [1.807, 2.05) is 47.4 Å². The molecule has 0 aliphatic rings. The molecule has 1 heterocycles. The summed E-state index contributed by atoms with van der Waals surface area (Å²) in [5.41, 5.74) is 1.13. The van der Waals surface area contributed by atoms with Gasteiger partial charge in [-0.1, -0.05) is 77.1 Å². The molecule has 6 heteroatoms. The van der Waals surface area contributed by atoms with Gasteiger partial charge in [0.05, 0.1) is 29.7 Å². The minimum Gasteiger partial charge on any atom is -0.495 e. The molecule has 3 rings (SSSR count). The minimum atomic E-state index is -0.317. The second-order valence-corrected chi connectivity index (χ2v) is 9.33. The molecule has 0 aliphatic heterocycles. The van der Waals surface area contributed by atoms with E-state index in [-0.39, 0.29) is 17.5 Å². The molecule has 1 aromatic heterocycles.